The molecule has 0 amide bonds. The molecule has 0 radical (unpaired) electrons. The van der Waals surface area contributed by atoms with E-state index in [1.165, 1.54) is 10.3 Å². The van der Waals surface area contributed by atoms with Gasteiger partial charge in [-0.3, -0.25) is 4.98 Å². The Balaban J connectivity index is 1.89. The molecule has 1 atom stereocenters. The zero-order valence-electron chi connectivity index (χ0n) is 11.0. The van der Waals surface area contributed by atoms with Gasteiger partial charge < -0.3 is 5.32 Å². The molecule has 0 fully saturated rings. The van der Waals surface area contributed by atoms with Crippen LogP contribution in [0.2, 0.25) is 0 Å². The fourth-order valence-corrected chi connectivity index (χ4v) is 3.64. The molecule has 3 aromatic rings. The van der Waals surface area contributed by atoms with Crippen LogP contribution in [0, 0.1) is 0 Å². The van der Waals surface area contributed by atoms with Crippen LogP contribution >= 0.6 is 27.3 Å². The lowest BCUT2D eigenvalue weighted by molar-refractivity contribution is 0.588. The predicted molar refractivity (Wildman–Crippen MR) is 87.1 cm³/mol. The first kappa shape index (κ1) is 13.7. The number of nitrogens with zero attached hydrogens (tertiary/aromatic N) is 2. The van der Waals surface area contributed by atoms with Gasteiger partial charge in [-0.05, 0) is 53.2 Å². The highest BCUT2D eigenvalue weighted by molar-refractivity contribution is 9.10. The van der Waals surface area contributed by atoms with Gasteiger partial charge in [-0.1, -0.05) is 12.1 Å². The van der Waals surface area contributed by atoms with Crippen molar-refractivity contribution in [1.29, 1.82) is 0 Å². The second kappa shape index (κ2) is 5.99. The van der Waals surface area contributed by atoms with Crippen molar-refractivity contribution in [2.24, 2.45) is 0 Å². The van der Waals surface area contributed by atoms with E-state index in [1.54, 1.807) is 17.5 Å². The summed E-state index contributed by atoms with van der Waals surface area (Å²) >= 11 is 5.21. The Morgan fingerprint density at radius 3 is 2.90 bits per heavy atom. The minimum Gasteiger partial charge on any atom is -0.311 e. The van der Waals surface area contributed by atoms with E-state index in [-0.39, 0.29) is 6.04 Å². The Kier molecular flexibility index (Phi) is 4.10. The van der Waals surface area contributed by atoms with Crippen molar-refractivity contribution in [1.82, 2.24) is 15.3 Å². The van der Waals surface area contributed by atoms with Gasteiger partial charge in [0.05, 0.1) is 16.3 Å². The minimum atomic E-state index is 0.212. The molecule has 102 valence electrons. The summed E-state index contributed by atoms with van der Waals surface area (Å²) in [5.41, 5.74) is 2.26. The summed E-state index contributed by atoms with van der Waals surface area (Å²) in [4.78, 5) is 8.94. The Morgan fingerprint density at radius 1 is 1.30 bits per heavy atom. The molecule has 0 saturated heterocycles. The topological polar surface area (TPSA) is 37.8 Å². The molecule has 5 heteroatoms. The largest absolute Gasteiger partial charge is 0.311 e. The number of aromatic nitrogens is 2. The summed E-state index contributed by atoms with van der Waals surface area (Å²) in [5, 5.41) is 4.47. The number of fused-ring (bicyclic) bond motifs is 1. The van der Waals surface area contributed by atoms with Crippen LogP contribution in [-0.4, -0.2) is 17.0 Å². The lowest BCUT2D eigenvalue weighted by Crippen LogP contribution is -2.18. The van der Waals surface area contributed by atoms with Crippen molar-refractivity contribution < 1.29 is 0 Å². The van der Waals surface area contributed by atoms with Crippen LogP contribution in [0.4, 0.5) is 0 Å². The van der Waals surface area contributed by atoms with Crippen LogP contribution in [0.15, 0.2) is 47.2 Å². The minimum absolute atomic E-state index is 0.212. The number of rotatable bonds is 4. The molecule has 1 N–H and O–H groups in total. The Hall–Kier alpha value is -1.30. The molecule has 0 aliphatic heterocycles. The molecule has 3 nitrogen and oxygen atoms in total. The molecule has 0 aliphatic carbocycles. The summed E-state index contributed by atoms with van der Waals surface area (Å²) < 4.78 is 2.24. The van der Waals surface area contributed by atoms with E-state index in [0.717, 1.165) is 21.4 Å². The maximum atomic E-state index is 4.73. The number of benzene rings is 1. The zero-order chi connectivity index (χ0) is 13.9. The normalized spacial score (nSPS) is 12.7. The number of thiazole rings is 1. The monoisotopic (exact) mass is 347 g/mol. The molecule has 2 aromatic heterocycles. The van der Waals surface area contributed by atoms with Crippen molar-refractivity contribution in [3.8, 4) is 0 Å². The van der Waals surface area contributed by atoms with Gasteiger partial charge in [-0.25, -0.2) is 4.98 Å². The summed E-state index contributed by atoms with van der Waals surface area (Å²) in [7, 11) is 1.97. The summed E-state index contributed by atoms with van der Waals surface area (Å²) in [6.07, 6.45) is 4.58. The summed E-state index contributed by atoms with van der Waals surface area (Å²) in [5.74, 6) is 0. The van der Waals surface area contributed by atoms with Gasteiger partial charge in [0.2, 0.25) is 0 Å². The number of likely N-dealkylation sites (N-methyl/N-ethyl adjacent to an activating group) is 1. The van der Waals surface area contributed by atoms with E-state index in [0.29, 0.717) is 0 Å². The van der Waals surface area contributed by atoms with Gasteiger partial charge in [-0.15, -0.1) is 11.3 Å². The predicted octanol–water partition coefficient (Wildman–Crippen LogP) is 3.96. The van der Waals surface area contributed by atoms with E-state index in [2.05, 4.69) is 50.5 Å². The van der Waals surface area contributed by atoms with Gasteiger partial charge >= 0.3 is 0 Å². The van der Waals surface area contributed by atoms with Gasteiger partial charge in [0.15, 0.2) is 0 Å². The van der Waals surface area contributed by atoms with Crippen molar-refractivity contribution in [2.75, 3.05) is 7.05 Å². The van der Waals surface area contributed by atoms with Gasteiger partial charge in [0.25, 0.3) is 0 Å². The van der Waals surface area contributed by atoms with E-state index in [9.17, 15) is 0 Å². The summed E-state index contributed by atoms with van der Waals surface area (Å²) in [6.45, 7) is 0. The molecule has 0 aliphatic rings. The number of pyridine rings is 1. The SMILES string of the molecule is CNC(Cc1cncc(Br)c1)c1nc2ccccc2s1. The van der Waals surface area contributed by atoms with Gasteiger partial charge in [0.1, 0.15) is 5.01 Å². The molecule has 1 aromatic carbocycles. The van der Waals surface area contributed by atoms with Crippen LogP contribution < -0.4 is 5.32 Å². The first-order valence-corrected chi connectivity index (χ1v) is 7.99. The molecule has 0 bridgehead atoms. The third-order valence-corrected chi connectivity index (χ3v) is 4.74. The Morgan fingerprint density at radius 2 is 2.15 bits per heavy atom. The van der Waals surface area contributed by atoms with E-state index in [4.69, 9.17) is 4.98 Å². The zero-order valence-corrected chi connectivity index (χ0v) is 13.4. The standard InChI is InChI=1S/C15H14BrN3S/c1-17-13(7-10-6-11(16)9-18-8-10)15-19-12-4-2-3-5-14(12)20-15/h2-6,8-9,13,17H,7H2,1H3. The highest BCUT2D eigenvalue weighted by Crippen LogP contribution is 2.28. The highest BCUT2D eigenvalue weighted by atomic mass is 79.9. The average Bonchev–Trinajstić information content (AvgIpc) is 2.88. The quantitative estimate of drug-likeness (QED) is 0.776. The molecule has 1 unspecified atom stereocenters. The van der Waals surface area contributed by atoms with Crippen LogP contribution in [0.5, 0.6) is 0 Å². The fraction of sp³-hybridized carbons (Fsp3) is 0.200. The molecule has 0 saturated carbocycles. The second-order valence-electron chi connectivity index (χ2n) is 4.58. The number of hydrogen-bond donors (Lipinski definition) is 1. The lowest BCUT2D eigenvalue weighted by Gasteiger charge is -2.13. The molecule has 3 rings (SSSR count). The maximum Gasteiger partial charge on any atom is 0.111 e. The van der Waals surface area contributed by atoms with Crippen molar-refractivity contribution in [3.05, 3.63) is 57.8 Å². The molecular formula is C15H14BrN3S. The van der Waals surface area contributed by atoms with Crippen molar-refractivity contribution in [2.45, 2.75) is 12.5 Å². The van der Waals surface area contributed by atoms with Crippen LogP contribution in [0.3, 0.4) is 0 Å². The first-order chi connectivity index (χ1) is 9.76. The first-order valence-electron chi connectivity index (χ1n) is 6.38. The second-order valence-corrected chi connectivity index (χ2v) is 6.55. The van der Waals surface area contributed by atoms with Crippen molar-refractivity contribution >= 4 is 37.5 Å². The van der Waals surface area contributed by atoms with E-state index < -0.39 is 0 Å². The fourth-order valence-electron chi connectivity index (χ4n) is 2.16. The number of para-hydroxylation sites is 1. The summed E-state index contributed by atoms with van der Waals surface area (Å²) in [6, 6.07) is 10.6. The number of halogens is 1. The average molecular weight is 348 g/mol. The molecule has 20 heavy (non-hydrogen) atoms. The van der Waals surface area contributed by atoms with Gasteiger partial charge in [0, 0.05) is 16.9 Å². The molecule has 0 spiro atoms. The van der Waals surface area contributed by atoms with Crippen LogP contribution in [-0.2, 0) is 6.42 Å². The third kappa shape index (κ3) is 2.90. The maximum absolute atomic E-state index is 4.73. The van der Waals surface area contributed by atoms with Crippen LogP contribution in [0.25, 0.3) is 10.2 Å². The number of nitrogens with one attached hydrogen (secondary N) is 1. The lowest BCUT2D eigenvalue weighted by atomic mass is 10.1. The molecular weight excluding hydrogens is 334 g/mol. The van der Waals surface area contributed by atoms with E-state index >= 15 is 0 Å². The molecule has 2 heterocycles. The number of hydrogen-bond acceptors (Lipinski definition) is 4. The highest BCUT2D eigenvalue weighted by Gasteiger charge is 2.15. The third-order valence-electron chi connectivity index (χ3n) is 3.16. The van der Waals surface area contributed by atoms with E-state index in [1.807, 2.05) is 19.3 Å². The van der Waals surface area contributed by atoms with Crippen molar-refractivity contribution in [3.63, 3.8) is 0 Å². The van der Waals surface area contributed by atoms with Crippen LogP contribution in [0.1, 0.15) is 16.6 Å². The smallest absolute Gasteiger partial charge is 0.111 e. The van der Waals surface area contributed by atoms with Gasteiger partial charge in [-0.2, -0.15) is 0 Å². The Bertz CT molecular complexity index is 693. The Labute approximate surface area is 130 Å².